The van der Waals surface area contributed by atoms with Crippen LogP contribution in [0.1, 0.15) is 18.4 Å². The lowest BCUT2D eigenvalue weighted by Crippen LogP contribution is -2.36. The first-order valence-electron chi connectivity index (χ1n) is 7.67. The van der Waals surface area contributed by atoms with Gasteiger partial charge in [-0.2, -0.15) is 5.10 Å². The van der Waals surface area contributed by atoms with Crippen LogP contribution in [0.4, 0.5) is 15.8 Å². The Bertz CT molecular complexity index is 882. The Morgan fingerprint density at radius 2 is 2.04 bits per heavy atom. The van der Waals surface area contributed by atoms with Gasteiger partial charge in [0.25, 0.3) is 5.91 Å². The molecule has 25 heavy (non-hydrogen) atoms. The molecule has 0 aliphatic carbocycles. The van der Waals surface area contributed by atoms with E-state index in [4.69, 9.17) is 11.6 Å². The van der Waals surface area contributed by atoms with E-state index < -0.39 is 11.7 Å². The summed E-state index contributed by atoms with van der Waals surface area (Å²) in [5.74, 6) is -1.14. The van der Waals surface area contributed by atoms with Crippen LogP contribution in [0.15, 0.2) is 47.6 Å². The van der Waals surface area contributed by atoms with Crippen LogP contribution in [0.2, 0.25) is 5.02 Å². The zero-order valence-corrected chi connectivity index (χ0v) is 14.2. The number of halogens is 2. The van der Waals surface area contributed by atoms with Gasteiger partial charge in [0, 0.05) is 12.8 Å². The van der Waals surface area contributed by atoms with Gasteiger partial charge in [-0.1, -0.05) is 23.7 Å². The standard InChI is InChI=1S/C18H15ClFN3O2/c1-11-3-2-4-13(9-11)23-17(24)8-7-16(22-23)18(25)21-15-6-5-12(20)10-14(15)19/h2-6,9-10H,7-8H2,1H3,(H,21,25). The minimum atomic E-state index is -0.491. The van der Waals surface area contributed by atoms with E-state index >= 15 is 0 Å². The van der Waals surface area contributed by atoms with Crippen molar-refractivity contribution in [2.75, 3.05) is 10.3 Å². The van der Waals surface area contributed by atoms with Crippen LogP contribution in [-0.4, -0.2) is 17.5 Å². The van der Waals surface area contributed by atoms with Gasteiger partial charge >= 0.3 is 0 Å². The van der Waals surface area contributed by atoms with Crippen molar-refractivity contribution >= 4 is 40.5 Å². The number of anilines is 2. The van der Waals surface area contributed by atoms with E-state index in [-0.39, 0.29) is 35.2 Å². The van der Waals surface area contributed by atoms with Crippen molar-refractivity contribution in [2.45, 2.75) is 19.8 Å². The summed E-state index contributed by atoms with van der Waals surface area (Å²) in [4.78, 5) is 24.6. The third-order valence-corrected chi connectivity index (χ3v) is 4.03. The highest BCUT2D eigenvalue weighted by Crippen LogP contribution is 2.24. The highest BCUT2D eigenvalue weighted by molar-refractivity contribution is 6.45. The summed E-state index contributed by atoms with van der Waals surface area (Å²) in [6, 6.07) is 11.0. The summed E-state index contributed by atoms with van der Waals surface area (Å²) in [5, 5.41) is 8.12. The van der Waals surface area contributed by atoms with E-state index in [1.165, 1.54) is 17.1 Å². The third kappa shape index (κ3) is 3.85. The third-order valence-electron chi connectivity index (χ3n) is 3.72. The average molecular weight is 360 g/mol. The monoisotopic (exact) mass is 359 g/mol. The van der Waals surface area contributed by atoms with E-state index in [0.717, 1.165) is 11.6 Å². The number of carbonyl (C=O) groups excluding carboxylic acids is 2. The van der Waals surface area contributed by atoms with Gasteiger partial charge in [0.1, 0.15) is 11.5 Å². The SMILES string of the molecule is Cc1cccc(N2N=C(C(=O)Nc3ccc(F)cc3Cl)CCC2=O)c1. The fourth-order valence-electron chi connectivity index (χ4n) is 2.46. The molecule has 0 saturated heterocycles. The van der Waals surface area contributed by atoms with E-state index in [1.807, 2.05) is 25.1 Å². The Morgan fingerprint density at radius 1 is 1.24 bits per heavy atom. The molecule has 0 fully saturated rings. The van der Waals surface area contributed by atoms with Crippen LogP contribution in [0.5, 0.6) is 0 Å². The first-order valence-corrected chi connectivity index (χ1v) is 8.05. The molecule has 2 aromatic carbocycles. The number of rotatable bonds is 3. The van der Waals surface area contributed by atoms with Gasteiger partial charge in [-0.25, -0.2) is 9.40 Å². The van der Waals surface area contributed by atoms with Crippen LogP contribution in [0, 0.1) is 12.7 Å². The maximum absolute atomic E-state index is 13.1. The maximum atomic E-state index is 13.1. The molecule has 0 radical (unpaired) electrons. The Hall–Kier alpha value is -2.73. The Kier molecular flexibility index (Phi) is 4.81. The lowest BCUT2D eigenvalue weighted by atomic mass is 10.1. The summed E-state index contributed by atoms with van der Waals surface area (Å²) in [6.07, 6.45) is 0.406. The number of benzene rings is 2. The first kappa shape index (κ1) is 17.1. The smallest absolute Gasteiger partial charge is 0.271 e. The van der Waals surface area contributed by atoms with Gasteiger partial charge in [0.05, 0.1) is 16.4 Å². The summed E-state index contributed by atoms with van der Waals surface area (Å²) in [5.41, 5.74) is 2.08. The second kappa shape index (κ2) is 7.03. The molecule has 5 nitrogen and oxygen atoms in total. The second-order valence-electron chi connectivity index (χ2n) is 5.67. The van der Waals surface area contributed by atoms with Gasteiger partial charge in [-0.15, -0.1) is 0 Å². The average Bonchev–Trinajstić information content (AvgIpc) is 2.57. The second-order valence-corrected chi connectivity index (χ2v) is 6.08. The molecule has 0 spiro atoms. The predicted octanol–water partition coefficient (Wildman–Crippen LogP) is 3.91. The van der Waals surface area contributed by atoms with Crippen LogP contribution < -0.4 is 10.3 Å². The lowest BCUT2D eigenvalue weighted by molar-refractivity contribution is -0.118. The van der Waals surface area contributed by atoms with Crippen molar-refractivity contribution in [3.05, 3.63) is 58.9 Å². The number of amides is 2. The number of hydrazone groups is 1. The molecule has 0 aromatic heterocycles. The number of carbonyl (C=O) groups is 2. The molecule has 0 bridgehead atoms. The van der Waals surface area contributed by atoms with Crippen LogP contribution >= 0.6 is 11.6 Å². The fraction of sp³-hybridized carbons (Fsp3) is 0.167. The summed E-state index contributed by atoms with van der Waals surface area (Å²) in [6.45, 7) is 1.91. The molecule has 1 aliphatic rings. The molecule has 128 valence electrons. The lowest BCUT2D eigenvalue weighted by Gasteiger charge is -2.23. The van der Waals surface area contributed by atoms with E-state index in [2.05, 4.69) is 10.4 Å². The molecule has 1 heterocycles. The topological polar surface area (TPSA) is 61.8 Å². The quantitative estimate of drug-likeness (QED) is 0.903. The first-order chi connectivity index (χ1) is 11.9. The highest BCUT2D eigenvalue weighted by atomic mass is 35.5. The van der Waals surface area contributed by atoms with E-state index in [0.29, 0.717) is 5.69 Å². The largest absolute Gasteiger partial charge is 0.320 e. The molecule has 1 aliphatic heterocycles. The normalized spacial score (nSPS) is 14.3. The molecular weight excluding hydrogens is 345 g/mol. The molecule has 0 saturated carbocycles. The number of nitrogens with one attached hydrogen (secondary N) is 1. The minimum Gasteiger partial charge on any atom is -0.320 e. The molecule has 2 aromatic rings. The Labute approximate surface area is 149 Å². The number of nitrogens with zero attached hydrogens (tertiary/aromatic N) is 2. The van der Waals surface area contributed by atoms with Crippen molar-refractivity contribution in [2.24, 2.45) is 5.10 Å². The molecule has 1 N–H and O–H groups in total. The maximum Gasteiger partial charge on any atom is 0.271 e. The molecular formula is C18H15ClFN3O2. The van der Waals surface area contributed by atoms with Crippen LogP contribution in [-0.2, 0) is 9.59 Å². The zero-order chi connectivity index (χ0) is 18.0. The number of hydrogen-bond donors (Lipinski definition) is 1. The van der Waals surface area contributed by atoms with Gasteiger partial charge < -0.3 is 5.32 Å². The van der Waals surface area contributed by atoms with Gasteiger partial charge in [-0.05, 0) is 42.8 Å². The molecule has 2 amide bonds. The highest BCUT2D eigenvalue weighted by Gasteiger charge is 2.26. The van der Waals surface area contributed by atoms with Crippen molar-refractivity contribution in [3.63, 3.8) is 0 Å². The number of aryl methyl sites for hydroxylation is 1. The van der Waals surface area contributed by atoms with E-state index in [9.17, 15) is 14.0 Å². The summed E-state index contributed by atoms with van der Waals surface area (Å²) in [7, 11) is 0. The van der Waals surface area contributed by atoms with Crippen molar-refractivity contribution in [3.8, 4) is 0 Å². The van der Waals surface area contributed by atoms with E-state index in [1.54, 1.807) is 6.07 Å². The van der Waals surface area contributed by atoms with Gasteiger partial charge in [0.15, 0.2) is 0 Å². The Morgan fingerprint density at radius 3 is 2.76 bits per heavy atom. The summed E-state index contributed by atoms with van der Waals surface area (Å²) >= 11 is 5.92. The van der Waals surface area contributed by atoms with Gasteiger partial charge in [0.2, 0.25) is 5.91 Å². The van der Waals surface area contributed by atoms with Crippen LogP contribution in [0.25, 0.3) is 0 Å². The fourth-order valence-corrected chi connectivity index (χ4v) is 2.68. The van der Waals surface area contributed by atoms with Gasteiger partial charge in [-0.3, -0.25) is 9.59 Å². The summed E-state index contributed by atoms with van der Waals surface area (Å²) < 4.78 is 13.1. The van der Waals surface area contributed by atoms with Crippen molar-refractivity contribution in [1.29, 1.82) is 0 Å². The van der Waals surface area contributed by atoms with Crippen LogP contribution in [0.3, 0.4) is 0 Å². The molecule has 7 heteroatoms. The van der Waals surface area contributed by atoms with Crippen molar-refractivity contribution in [1.82, 2.24) is 0 Å². The van der Waals surface area contributed by atoms with Crippen molar-refractivity contribution < 1.29 is 14.0 Å². The molecule has 3 rings (SSSR count). The Balaban J connectivity index is 1.84. The minimum absolute atomic E-state index is 0.0939. The molecule has 0 unspecified atom stereocenters. The predicted molar refractivity (Wildman–Crippen MR) is 95.4 cm³/mol. The zero-order valence-electron chi connectivity index (χ0n) is 13.4. The number of hydrogen-bond acceptors (Lipinski definition) is 3. The molecule has 0 atom stereocenters.